The van der Waals surface area contributed by atoms with Gasteiger partial charge in [-0.2, -0.15) is 0 Å². The lowest BCUT2D eigenvalue weighted by Gasteiger charge is -2.12. The number of nitrogens with two attached hydrogens (primary N) is 1. The molecule has 1 aliphatic carbocycles. The van der Waals surface area contributed by atoms with Gasteiger partial charge in [0.2, 0.25) is 5.91 Å². The Balaban J connectivity index is 1.83. The zero-order valence-corrected chi connectivity index (χ0v) is 10.4. The molecule has 1 amide bonds. The van der Waals surface area contributed by atoms with E-state index in [1.807, 2.05) is 30.3 Å². The van der Waals surface area contributed by atoms with Crippen LogP contribution in [0.1, 0.15) is 38.3 Å². The van der Waals surface area contributed by atoms with Gasteiger partial charge in [-0.1, -0.05) is 44.2 Å². The van der Waals surface area contributed by atoms with Crippen LogP contribution in [-0.4, -0.2) is 11.9 Å². The summed E-state index contributed by atoms with van der Waals surface area (Å²) in [4.78, 5) is 11.8. The third-order valence-corrected chi connectivity index (χ3v) is 3.48. The largest absolute Gasteiger partial charge is 0.353 e. The van der Waals surface area contributed by atoms with Crippen molar-refractivity contribution in [1.82, 2.24) is 5.32 Å². The Morgan fingerprint density at radius 2 is 2.06 bits per heavy atom. The van der Waals surface area contributed by atoms with Gasteiger partial charge in [0, 0.05) is 18.5 Å². The van der Waals surface area contributed by atoms with E-state index in [0.717, 1.165) is 12.0 Å². The van der Waals surface area contributed by atoms with Gasteiger partial charge in [-0.05, 0) is 17.4 Å². The summed E-state index contributed by atoms with van der Waals surface area (Å²) in [5, 5.41) is 3.03. The molecule has 92 valence electrons. The highest BCUT2D eigenvalue weighted by Crippen LogP contribution is 2.44. The summed E-state index contributed by atoms with van der Waals surface area (Å²) in [5.74, 6) is 0.0527. The summed E-state index contributed by atoms with van der Waals surface area (Å²) >= 11 is 0. The maximum atomic E-state index is 11.8. The summed E-state index contributed by atoms with van der Waals surface area (Å²) in [5.41, 5.74) is 7.28. The zero-order chi connectivity index (χ0) is 12.5. The van der Waals surface area contributed by atoms with E-state index < -0.39 is 0 Å². The molecule has 0 saturated heterocycles. The van der Waals surface area contributed by atoms with E-state index in [-0.39, 0.29) is 17.4 Å². The molecular weight excluding hydrogens is 212 g/mol. The Morgan fingerprint density at radius 3 is 2.59 bits per heavy atom. The van der Waals surface area contributed by atoms with Gasteiger partial charge >= 0.3 is 0 Å². The number of carbonyl (C=O) groups excluding carboxylic acids is 1. The van der Waals surface area contributed by atoms with Gasteiger partial charge in [-0.15, -0.1) is 0 Å². The molecule has 2 rings (SSSR count). The molecule has 2 atom stereocenters. The zero-order valence-electron chi connectivity index (χ0n) is 10.4. The van der Waals surface area contributed by atoms with Crippen molar-refractivity contribution in [2.45, 2.75) is 38.8 Å². The monoisotopic (exact) mass is 232 g/mol. The van der Waals surface area contributed by atoms with Gasteiger partial charge in [0.1, 0.15) is 0 Å². The van der Waals surface area contributed by atoms with Crippen LogP contribution >= 0.6 is 0 Å². The summed E-state index contributed by atoms with van der Waals surface area (Å²) in [6, 6.07) is 9.87. The molecule has 1 aliphatic rings. The molecule has 2 unspecified atom stereocenters. The van der Waals surface area contributed by atoms with Crippen molar-refractivity contribution in [3.05, 3.63) is 35.9 Å². The second-order valence-corrected chi connectivity index (χ2v) is 5.53. The van der Waals surface area contributed by atoms with Crippen LogP contribution in [0.2, 0.25) is 0 Å². The second kappa shape index (κ2) is 4.49. The Morgan fingerprint density at radius 1 is 1.47 bits per heavy atom. The first-order chi connectivity index (χ1) is 7.99. The molecule has 1 aromatic rings. The lowest BCUT2D eigenvalue weighted by Crippen LogP contribution is -2.31. The van der Waals surface area contributed by atoms with E-state index in [1.165, 1.54) is 0 Å². The van der Waals surface area contributed by atoms with Gasteiger partial charge in [-0.3, -0.25) is 4.79 Å². The predicted octanol–water partition coefficient (Wildman–Crippen LogP) is 1.99. The van der Waals surface area contributed by atoms with Crippen LogP contribution in [0.25, 0.3) is 0 Å². The topological polar surface area (TPSA) is 55.1 Å². The molecule has 0 heterocycles. The maximum absolute atomic E-state index is 11.8. The van der Waals surface area contributed by atoms with E-state index in [2.05, 4.69) is 19.2 Å². The summed E-state index contributed by atoms with van der Waals surface area (Å²) < 4.78 is 0. The van der Waals surface area contributed by atoms with Crippen LogP contribution in [0.5, 0.6) is 0 Å². The summed E-state index contributed by atoms with van der Waals surface area (Å²) in [7, 11) is 0. The van der Waals surface area contributed by atoms with E-state index in [9.17, 15) is 4.79 Å². The molecule has 3 nitrogen and oxygen atoms in total. The van der Waals surface area contributed by atoms with E-state index in [4.69, 9.17) is 5.73 Å². The summed E-state index contributed by atoms with van der Waals surface area (Å²) in [6.07, 6.45) is 1.43. The first-order valence-electron chi connectivity index (χ1n) is 6.09. The van der Waals surface area contributed by atoms with Crippen molar-refractivity contribution in [3.8, 4) is 0 Å². The molecule has 0 spiro atoms. The molecule has 0 bridgehead atoms. The van der Waals surface area contributed by atoms with Crippen molar-refractivity contribution in [2.75, 3.05) is 0 Å². The summed E-state index contributed by atoms with van der Waals surface area (Å²) in [6.45, 7) is 4.32. The molecule has 1 aromatic carbocycles. The minimum absolute atomic E-state index is 0.0527. The van der Waals surface area contributed by atoms with Crippen LogP contribution < -0.4 is 11.1 Å². The minimum Gasteiger partial charge on any atom is -0.353 e. The van der Waals surface area contributed by atoms with Crippen molar-refractivity contribution < 1.29 is 4.79 Å². The van der Waals surface area contributed by atoms with Crippen LogP contribution in [0, 0.1) is 5.41 Å². The predicted molar refractivity (Wildman–Crippen MR) is 68.3 cm³/mol. The van der Waals surface area contributed by atoms with Gasteiger partial charge in [-0.25, -0.2) is 0 Å². The molecular formula is C14H20N2O. The smallest absolute Gasteiger partial charge is 0.222 e. The van der Waals surface area contributed by atoms with Crippen molar-refractivity contribution in [1.29, 1.82) is 0 Å². The fraction of sp³-hybridized carbons (Fsp3) is 0.500. The molecule has 0 aliphatic heterocycles. The van der Waals surface area contributed by atoms with Crippen LogP contribution in [0.4, 0.5) is 0 Å². The number of benzene rings is 1. The Bertz CT molecular complexity index is 400. The van der Waals surface area contributed by atoms with Crippen molar-refractivity contribution in [3.63, 3.8) is 0 Å². The number of hydrogen-bond acceptors (Lipinski definition) is 2. The quantitative estimate of drug-likeness (QED) is 0.834. The second-order valence-electron chi connectivity index (χ2n) is 5.53. The van der Waals surface area contributed by atoms with Crippen LogP contribution in [-0.2, 0) is 4.79 Å². The van der Waals surface area contributed by atoms with E-state index in [1.54, 1.807) is 0 Å². The molecule has 1 saturated carbocycles. The van der Waals surface area contributed by atoms with E-state index in [0.29, 0.717) is 12.5 Å². The molecule has 3 heteroatoms. The highest BCUT2D eigenvalue weighted by atomic mass is 16.1. The highest BCUT2D eigenvalue weighted by molar-refractivity contribution is 5.77. The molecule has 0 radical (unpaired) electrons. The Hall–Kier alpha value is -1.35. The fourth-order valence-electron chi connectivity index (χ4n) is 1.98. The van der Waals surface area contributed by atoms with Gasteiger partial charge in [0.05, 0.1) is 0 Å². The standard InChI is InChI=1S/C14H20N2O/c1-14(2)9-12(14)16-13(17)8-11(15)10-6-4-3-5-7-10/h3-7,11-12H,8-9,15H2,1-2H3,(H,16,17). The van der Waals surface area contributed by atoms with Gasteiger partial charge in [0.15, 0.2) is 0 Å². The molecule has 17 heavy (non-hydrogen) atoms. The lowest BCUT2D eigenvalue weighted by molar-refractivity contribution is -0.121. The number of nitrogens with one attached hydrogen (secondary N) is 1. The maximum Gasteiger partial charge on any atom is 0.222 e. The average Bonchev–Trinajstić information content (AvgIpc) is 2.86. The van der Waals surface area contributed by atoms with Crippen LogP contribution in [0.15, 0.2) is 30.3 Å². The Kier molecular flexibility index (Phi) is 3.20. The molecule has 0 aromatic heterocycles. The first-order valence-corrected chi connectivity index (χ1v) is 6.09. The van der Waals surface area contributed by atoms with Gasteiger partial charge < -0.3 is 11.1 Å². The molecule has 1 fully saturated rings. The number of rotatable bonds is 4. The third kappa shape index (κ3) is 3.07. The van der Waals surface area contributed by atoms with E-state index >= 15 is 0 Å². The first kappa shape index (κ1) is 12.1. The number of carbonyl (C=O) groups is 1. The van der Waals surface area contributed by atoms with Crippen molar-refractivity contribution in [2.24, 2.45) is 11.1 Å². The number of amides is 1. The highest BCUT2D eigenvalue weighted by Gasteiger charge is 2.46. The third-order valence-electron chi connectivity index (χ3n) is 3.48. The van der Waals surface area contributed by atoms with Crippen LogP contribution in [0.3, 0.4) is 0 Å². The average molecular weight is 232 g/mol. The minimum atomic E-state index is -0.210. The van der Waals surface area contributed by atoms with Crippen molar-refractivity contribution >= 4 is 5.91 Å². The Labute approximate surface area is 102 Å². The fourth-order valence-corrected chi connectivity index (χ4v) is 1.98. The molecule has 3 N–H and O–H groups in total. The SMILES string of the molecule is CC1(C)CC1NC(=O)CC(N)c1ccccc1. The lowest BCUT2D eigenvalue weighted by atomic mass is 10.0. The number of hydrogen-bond donors (Lipinski definition) is 2. The normalized spacial score (nSPS) is 22.9. The van der Waals surface area contributed by atoms with Gasteiger partial charge in [0.25, 0.3) is 0 Å².